The van der Waals surface area contributed by atoms with E-state index >= 15 is 0 Å². The van der Waals surface area contributed by atoms with E-state index in [0.29, 0.717) is 11.8 Å². The molecular formula is C25H25F2N3O3S2. The Balaban J connectivity index is 1.32. The lowest BCUT2D eigenvalue weighted by molar-refractivity contribution is 0.0935. The smallest absolute Gasteiger partial charge is 0.271 e. The van der Waals surface area contributed by atoms with Crippen LogP contribution in [0.25, 0.3) is 10.6 Å². The van der Waals surface area contributed by atoms with Gasteiger partial charge in [-0.3, -0.25) is 9.52 Å². The average molecular weight is 518 g/mol. The summed E-state index contributed by atoms with van der Waals surface area (Å²) in [6.07, 6.45) is 5.65. The molecule has 5 rings (SSSR count). The summed E-state index contributed by atoms with van der Waals surface area (Å²) in [6.45, 7) is 1.59. The molecule has 184 valence electrons. The lowest BCUT2D eigenvalue weighted by Crippen LogP contribution is -2.27. The molecule has 1 amide bonds. The van der Waals surface area contributed by atoms with E-state index in [1.807, 2.05) is 4.72 Å². The largest absolute Gasteiger partial charge is 0.344 e. The number of anilines is 1. The van der Waals surface area contributed by atoms with Gasteiger partial charge in [0.2, 0.25) is 10.0 Å². The SMILES string of the molecule is CC(NC(=O)c1csc(-c2cc(C3CC3)cc(C3CC3)c2)n1)c1cc(F)c(NS(C)(=O)=O)c(F)c1. The third kappa shape index (κ3) is 5.54. The van der Waals surface area contributed by atoms with Crippen LogP contribution >= 0.6 is 11.3 Å². The van der Waals surface area contributed by atoms with Crippen molar-refractivity contribution in [1.29, 1.82) is 0 Å². The van der Waals surface area contributed by atoms with Gasteiger partial charge in [-0.2, -0.15) is 0 Å². The first-order valence-corrected chi connectivity index (χ1v) is 14.2. The van der Waals surface area contributed by atoms with Gasteiger partial charge in [-0.05, 0) is 85.4 Å². The van der Waals surface area contributed by atoms with Crippen molar-refractivity contribution in [2.24, 2.45) is 0 Å². The number of aromatic nitrogens is 1. The minimum absolute atomic E-state index is 0.161. The molecule has 2 N–H and O–H groups in total. The zero-order valence-corrected chi connectivity index (χ0v) is 20.9. The van der Waals surface area contributed by atoms with Crippen molar-refractivity contribution in [3.63, 3.8) is 0 Å². The van der Waals surface area contributed by atoms with Crippen LogP contribution in [0.1, 0.15) is 77.7 Å². The fraction of sp³-hybridized carbons (Fsp3) is 0.360. The van der Waals surface area contributed by atoms with E-state index in [9.17, 15) is 22.0 Å². The van der Waals surface area contributed by atoms with Gasteiger partial charge in [0.05, 0.1) is 12.3 Å². The first kappa shape index (κ1) is 23.9. The van der Waals surface area contributed by atoms with Crippen molar-refractivity contribution in [3.05, 3.63) is 69.7 Å². The summed E-state index contributed by atoms with van der Waals surface area (Å²) < 4.78 is 53.2. The molecule has 0 saturated heterocycles. The summed E-state index contributed by atoms with van der Waals surface area (Å²) in [7, 11) is -3.85. The molecule has 10 heteroatoms. The molecule has 0 spiro atoms. The number of hydrogen-bond acceptors (Lipinski definition) is 5. The van der Waals surface area contributed by atoms with Crippen LogP contribution in [0, 0.1) is 11.6 Å². The molecule has 6 nitrogen and oxygen atoms in total. The molecule has 1 aromatic heterocycles. The summed E-state index contributed by atoms with van der Waals surface area (Å²) in [5.41, 5.74) is 3.35. The quantitative estimate of drug-likeness (QED) is 0.401. The molecule has 2 fully saturated rings. The van der Waals surface area contributed by atoms with E-state index in [2.05, 4.69) is 28.5 Å². The number of halogens is 2. The minimum Gasteiger partial charge on any atom is -0.344 e. The molecule has 2 saturated carbocycles. The van der Waals surface area contributed by atoms with Crippen LogP contribution in [-0.2, 0) is 10.0 Å². The number of carbonyl (C=O) groups is 1. The number of thiazole rings is 1. The summed E-state index contributed by atoms with van der Waals surface area (Å²) in [5, 5.41) is 5.16. The van der Waals surface area contributed by atoms with Crippen LogP contribution in [0.5, 0.6) is 0 Å². The first-order chi connectivity index (χ1) is 16.6. The van der Waals surface area contributed by atoms with Crippen molar-refractivity contribution >= 4 is 33.0 Å². The van der Waals surface area contributed by atoms with Crippen LogP contribution in [0.15, 0.2) is 35.7 Å². The van der Waals surface area contributed by atoms with Gasteiger partial charge < -0.3 is 5.32 Å². The highest BCUT2D eigenvalue weighted by Gasteiger charge is 2.29. The number of nitrogens with one attached hydrogen (secondary N) is 2. The molecule has 35 heavy (non-hydrogen) atoms. The number of carbonyl (C=O) groups excluding carboxylic acids is 1. The van der Waals surface area contributed by atoms with Gasteiger partial charge in [-0.25, -0.2) is 22.2 Å². The molecule has 2 aliphatic rings. The number of nitrogens with zero attached hydrogens (tertiary/aromatic N) is 1. The van der Waals surface area contributed by atoms with Crippen molar-refractivity contribution in [2.75, 3.05) is 11.0 Å². The van der Waals surface area contributed by atoms with E-state index in [4.69, 9.17) is 0 Å². The molecule has 3 aromatic rings. The second-order valence-corrected chi connectivity index (χ2v) is 12.0. The maximum atomic E-state index is 14.4. The third-order valence-corrected chi connectivity index (χ3v) is 7.72. The molecule has 0 aliphatic heterocycles. The van der Waals surface area contributed by atoms with E-state index in [1.165, 1.54) is 48.1 Å². The molecular weight excluding hydrogens is 492 g/mol. The van der Waals surface area contributed by atoms with E-state index in [0.717, 1.165) is 29.0 Å². The van der Waals surface area contributed by atoms with Gasteiger partial charge >= 0.3 is 0 Å². The predicted molar refractivity (Wildman–Crippen MR) is 132 cm³/mol. The standard InChI is InChI=1S/C25H25F2N3O3S2/c1-13(16-10-20(26)23(21(27)11-16)30-35(2,32)33)28-24(31)22-12-34-25(29-22)19-8-17(14-3-4-14)7-18(9-19)15-5-6-15/h7-15,30H,3-6H2,1-2H3,(H,28,31). The Morgan fingerprint density at radius 3 is 2.11 bits per heavy atom. The van der Waals surface area contributed by atoms with Gasteiger partial charge in [-0.1, -0.05) is 6.07 Å². The first-order valence-electron chi connectivity index (χ1n) is 11.5. The van der Waals surface area contributed by atoms with Crippen LogP contribution in [-0.4, -0.2) is 25.6 Å². The number of sulfonamides is 1. The summed E-state index contributed by atoms with van der Waals surface area (Å²) >= 11 is 1.39. The Bertz CT molecular complexity index is 1360. The second kappa shape index (κ2) is 8.98. The van der Waals surface area contributed by atoms with Crippen LogP contribution in [0.4, 0.5) is 14.5 Å². The van der Waals surface area contributed by atoms with Crippen molar-refractivity contribution in [3.8, 4) is 10.6 Å². The zero-order valence-electron chi connectivity index (χ0n) is 19.3. The fourth-order valence-electron chi connectivity index (χ4n) is 4.09. The van der Waals surface area contributed by atoms with Gasteiger partial charge in [0, 0.05) is 10.9 Å². The fourth-order valence-corrected chi connectivity index (χ4v) is 5.45. The van der Waals surface area contributed by atoms with Gasteiger partial charge in [0.1, 0.15) is 16.4 Å². The molecule has 2 aliphatic carbocycles. The topological polar surface area (TPSA) is 88.2 Å². The van der Waals surface area contributed by atoms with Gasteiger partial charge in [0.15, 0.2) is 11.6 Å². The molecule has 2 aromatic carbocycles. The maximum absolute atomic E-state index is 14.4. The number of amides is 1. The van der Waals surface area contributed by atoms with Gasteiger partial charge in [-0.15, -0.1) is 11.3 Å². The van der Waals surface area contributed by atoms with E-state index in [1.54, 1.807) is 12.3 Å². The van der Waals surface area contributed by atoms with Crippen LogP contribution in [0.3, 0.4) is 0 Å². The monoisotopic (exact) mass is 517 g/mol. The van der Waals surface area contributed by atoms with Crippen molar-refractivity contribution < 1.29 is 22.0 Å². The van der Waals surface area contributed by atoms with Crippen molar-refractivity contribution in [2.45, 2.75) is 50.5 Å². The lowest BCUT2D eigenvalue weighted by Gasteiger charge is -2.15. The number of hydrogen-bond donors (Lipinski definition) is 2. The van der Waals surface area contributed by atoms with E-state index < -0.39 is 39.3 Å². The lowest BCUT2D eigenvalue weighted by atomic mass is 10.00. The summed E-state index contributed by atoms with van der Waals surface area (Å²) in [4.78, 5) is 17.4. The normalized spacial score (nSPS) is 16.7. The summed E-state index contributed by atoms with van der Waals surface area (Å²) in [5.74, 6) is -1.35. The Morgan fingerprint density at radius 2 is 1.60 bits per heavy atom. The zero-order chi connectivity index (χ0) is 24.9. The highest BCUT2D eigenvalue weighted by molar-refractivity contribution is 7.92. The second-order valence-electron chi connectivity index (χ2n) is 9.40. The van der Waals surface area contributed by atoms with Crippen LogP contribution in [0.2, 0.25) is 0 Å². The highest BCUT2D eigenvalue weighted by atomic mass is 32.2. The van der Waals surface area contributed by atoms with Crippen molar-refractivity contribution in [1.82, 2.24) is 10.3 Å². The molecule has 0 bridgehead atoms. The summed E-state index contributed by atoms with van der Waals surface area (Å²) in [6, 6.07) is 7.92. The predicted octanol–water partition coefficient (Wildman–Crippen LogP) is 5.71. The number of rotatable bonds is 8. The molecule has 1 heterocycles. The Kier molecular flexibility index (Phi) is 6.13. The molecule has 1 atom stereocenters. The van der Waals surface area contributed by atoms with Gasteiger partial charge in [0.25, 0.3) is 5.91 Å². The number of benzene rings is 2. The maximum Gasteiger partial charge on any atom is 0.271 e. The Labute approximate surface area is 206 Å². The van der Waals surface area contributed by atoms with E-state index in [-0.39, 0.29) is 11.3 Å². The minimum atomic E-state index is -3.85. The highest BCUT2D eigenvalue weighted by Crippen LogP contribution is 2.46. The third-order valence-electron chi connectivity index (χ3n) is 6.26. The molecule has 1 unspecified atom stereocenters. The Hall–Kier alpha value is -2.85. The average Bonchev–Trinajstić information content (AvgIpc) is 3.72. The van der Waals surface area contributed by atoms with Crippen LogP contribution < -0.4 is 10.0 Å². The Morgan fingerprint density at radius 1 is 1.03 bits per heavy atom. The molecule has 0 radical (unpaired) electrons.